The van der Waals surface area contributed by atoms with E-state index in [0.29, 0.717) is 12.0 Å². The fourth-order valence-corrected chi connectivity index (χ4v) is 4.23. The second kappa shape index (κ2) is 8.04. The van der Waals surface area contributed by atoms with Crippen molar-refractivity contribution in [3.8, 4) is 0 Å². The molecule has 1 fully saturated rings. The van der Waals surface area contributed by atoms with Gasteiger partial charge in [-0.1, -0.05) is 30.3 Å². The first-order chi connectivity index (χ1) is 12.5. The molecule has 1 aromatic carbocycles. The van der Waals surface area contributed by atoms with Crippen LogP contribution in [0.5, 0.6) is 0 Å². The van der Waals surface area contributed by atoms with Crippen molar-refractivity contribution in [2.45, 2.75) is 31.7 Å². The first-order valence-electron chi connectivity index (χ1n) is 9.46. The Morgan fingerprint density at radius 2 is 2.04 bits per heavy atom. The van der Waals surface area contributed by atoms with Crippen molar-refractivity contribution in [3.05, 3.63) is 53.9 Å². The molecule has 5 heteroatoms. The molecule has 1 aliphatic rings. The van der Waals surface area contributed by atoms with Gasteiger partial charge in [-0.05, 0) is 44.8 Å². The molecule has 3 rings (SSSR count). The van der Waals surface area contributed by atoms with E-state index in [-0.39, 0.29) is 11.8 Å². The highest BCUT2D eigenvalue weighted by Gasteiger charge is 2.33. The molecule has 0 saturated carbocycles. The normalized spacial score (nSPS) is 22.2. The summed E-state index contributed by atoms with van der Waals surface area (Å²) in [5.41, 5.74) is 2.32. The molecular weight excluding hydrogens is 324 g/mol. The Balaban J connectivity index is 1.72. The molecule has 140 valence electrons. The fraction of sp³-hybridized carbons (Fsp3) is 0.524. The average molecular weight is 354 g/mol. The number of rotatable bonds is 5. The van der Waals surface area contributed by atoms with Crippen LogP contribution in [-0.2, 0) is 11.8 Å². The Kier molecular flexibility index (Phi) is 5.77. The number of hydrogen-bond acceptors (Lipinski definition) is 3. The molecule has 1 amide bonds. The Morgan fingerprint density at radius 3 is 2.69 bits per heavy atom. The van der Waals surface area contributed by atoms with Gasteiger partial charge in [-0.25, -0.2) is 0 Å². The summed E-state index contributed by atoms with van der Waals surface area (Å²) in [5.74, 6) is 0.503. The summed E-state index contributed by atoms with van der Waals surface area (Å²) in [6.07, 6.45) is 6.39. The summed E-state index contributed by atoms with van der Waals surface area (Å²) < 4.78 is 1.86. The molecule has 0 N–H and O–H groups in total. The van der Waals surface area contributed by atoms with E-state index < -0.39 is 0 Å². The molecule has 5 nitrogen and oxygen atoms in total. The number of nitrogens with zero attached hydrogens (tertiary/aromatic N) is 4. The molecule has 0 unspecified atom stereocenters. The van der Waals surface area contributed by atoms with E-state index in [4.69, 9.17) is 0 Å². The van der Waals surface area contributed by atoms with Gasteiger partial charge in [0.25, 0.3) is 0 Å². The van der Waals surface area contributed by atoms with Crippen LogP contribution >= 0.6 is 0 Å². The number of carbonyl (C=O) groups is 1. The molecule has 0 bridgehead atoms. The summed E-state index contributed by atoms with van der Waals surface area (Å²) in [7, 11) is 6.08. The van der Waals surface area contributed by atoms with Crippen molar-refractivity contribution >= 4 is 5.91 Å². The average Bonchev–Trinajstić information content (AvgIpc) is 3.07. The Labute approximate surface area is 156 Å². The number of amides is 1. The molecule has 1 saturated heterocycles. The van der Waals surface area contributed by atoms with Crippen LogP contribution in [0.25, 0.3) is 0 Å². The molecule has 2 aromatic rings. The second-order valence-corrected chi connectivity index (χ2v) is 7.63. The maximum Gasteiger partial charge on any atom is 0.229 e. The third kappa shape index (κ3) is 3.98. The molecule has 2 heterocycles. The largest absolute Gasteiger partial charge is 0.345 e. The van der Waals surface area contributed by atoms with Crippen LogP contribution in [0.2, 0.25) is 0 Å². The van der Waals surface area contributed by atoms with Crippen LogP contribution in [-0.4, -0.2) is 52.7 Å². The van der Waals surface area contributed by atoms with Crippen molar-refractivity contribution in [1.82, 2.24) is 19.6 Å². The summed E-state index contributed by atoms with van der Waals surface area (Å²) >= 11 is 0. The summed E-state index contributed by atoms with van der Waals surface area (Å²) in [6.45, 7) is 3.87. The van der Waals surface area contributed by atoms with Crippen molar-refractivity contribution < 1.29 is 4.79 Å². The van der Waals surface area contributed by atoms with Gasteiger partial charge in [0, 0.05) is 38.4 Å². The Hall–Kier alpha value is -2.14. The lowest BCUT2D eigenvalue weighted by Crippen LogP contribution is -2.43. The van der Waals surface area contributed by atoms with Crippen LogP contribution < -0.4 is 0 Å². The predicted octanol–water partition coefficient (Wildman–Crippen LogP) is 3.07. The van der Waals surface area contributed by atoms with Crippen LogP contribution in [0.3, 0.4) is 0 Å². The smallest absolute Gasteiger partial charge is 0.229 e. The maximum atomic E-state index is 12.9. The van der Waals surface area contributed by atoms with E-state index in [9.17, 15) is 4.79 Å². The minimum absolute atomic E-state index is 0.112. The SMILES string of the molecule is C[C@H](C(=O)N(C)C[C@@H]1CCCN(C)[C@H]1c1cnn(C)c1)c1ccccc1. The summed E-state index contributed by atoms with van der Waals surface area (Å²) in [4.78, 5) is 17.3. The van der Waals surface area contributed by atoms with Gasteiger partial charge in [-0.3, -0.25) is 14.4 Å². The van der Waals surface area contributed by atoms with E-state index in [1.807, 2.05) is 67.1 Å². The monoisotopic (exact) mass is 354 g/mol. The van der Waals surface area contributed by atoms with Crippen LogP contribution in [0.1, 0.15) is 42.9 Å². The van der Waals surface area contributed by atoms with Crippen LogP contribution in [0.4, 0.5) is 0 Å². The van der Waals surface area contributed by atoms with Crippen LogP contribution in [0.15, 0.2) is 42.7 Å². The zero-order valence-corrected chi connectivity index (χ0v) is 16.3. The van der Waals surface area contributed by atoms with Crippen molar-refractivity contribution in [2.75, 3.05) is 27.2 Å². The number of aromatic nitrogens is 2. The topological polar surface area (TPSA) is 41.4 Å². The summed E-state index contributed by atoms with van der Waals surface area (Å²) in [5, 5.41) is 4.35. The third-order valence-electron chi connectivity index (χ3n) is 5.63. The van der Waals surface area contributed by atoms with Crippen molar-refractivity contribution in [2.24, 2.45) is 13.0 Å². The lowest BCUT2D eigenvalue weighted by Gasteiger charge is -2.40. The standard InChI is InChI=1S/C21H30N4O/c1-16(17-9-6-5-7-10-17)21(26)24(3)14-18-11-8-12-23(2)20(18)19-13-22-25(4)15-19/h5-7,9-10,13,15-16,18,20H,8,11-12,14H2,1-4H3/t16-,18-,20+/m0/s1. The quantitative estimate of drug-likeness (QED) is 0.829. The number of benzene rings is 1. The molecule has 0 radical (unpaired) electrons. The Morgan fingerprint density at radius 1 is 1.31 bits per heavy atom. The highest BCUT2D eigenvalue weighted by Crippen LogP contribution is 2.35. The minimum atomic E-state index is -0.112. The van der Waals surface area contributed by atoms with E-state index in [1.54, 1.807) is 0 Å². The van der Waals surface area contributed by atoms with E-state index >= 15 is 0 Å². The van der Waals surface area contributed by atoms with Gasteiger partial charge >= 0.3 is 0 Å². The van der Waals surface area contributed by atoms with Gasteiger partial charge < -0.3 is 4.90 Å². The Bertz CT molecular complexity index is 727. The van der Waals surface area contributed by atoms with Crippen molar-refractivity contribution in [3.63, 3.8) is 0 Å². The second-order valence-electron chi connectivity index (χ2n) is 7.63. The number of aryl methyl sites for hydroxylation is 1. The zero-order chi connectivity index (χ0) is 18.7. The molecule has 26 heavy (non-hydrogen) atoms. The van der Waals surface area contributed by atoms with Gasteiger partial charge in [0.15, 0.2) is 0 Å². The number of likely N-dealkylation sites (tertiary alicyclic amines) is 1. The summed E-state index contributed by atoms with van der Waals surface area (Å²) in [6, 6.07) is 10.4. The van der Waals surface area contributed by atoms with E-state index in [2.05, 4.69) is 23.2 Å². The lowest BCUT2D eigenvalue weighted by molar-refractivity contribution is -0.132. The highest BCUT2D eigenvalue weighted by molar-refractivity contribution is 5.83. The minimum Gasteiger partial charge on any atom is -0.345 e. The highest BCUT2D eigenvalue weighted by atomic mass is 16.2. The fourth-order valence-electron chi connectivity index (χ4n) is 4.23. The van der Waals surface area contributed by atoms with E-state index in [0.717, 1.165) is 25.1 Å². The number of carbonyl (C=O) groups excluding carboxylic acids is 1. The van der Waals surface area contributed by atoms with Gasteiger partial charge in [0.2, 0.25) is 5.91 Å². The maximum absolute atomic E-state index is 12.9. The van der Waals surface area contributed by atoms with E-state index in [1.165, 1.54) is 12.0 Å². The first-order valence-corrected chi connectivity index (χ1v) is 9.46. The molecule has 0 aliphatic carbocycles. The van der Waals surface area contributed by atoms with Gasteiger partial charge in [0.05, 0.1) is 12.1 Å². The number of piperidine rings is 1. The van der Waals surface area contributed by atoms with Gasteiger partial charge in [0.1, 0.15) is 0 Å². The zero-order valence-electron chi connectivity index (χ0n) is 16.3. The van der Waals surface area contributed by atoms with Crippen LogP contribution in [0, 0.1) is 5.92 Å². The van der Waals surface area contributed by atoms with Crippen molar-refractivity contribution in [1.29, 1.82) is 0 Å². The molecule has 1 aliphatic heterocycles. The van der Waals surface area contributed by atoms with Gasteiger partial charge in [-0.15, -0.1) is 0 Å². The molecule has 0 spiro atoms. The third-order valence-corrected chi connectivity index (χ3v) is 5.63. The number of likely N-dealkylation sites (N-methyl/N-ethyl adjacent to an activating group) is 1. The molecule has 1 aromatic heterocycles. The lowest BCUT2D eigenvalue weighted by atomic mass is 9.85. The van der Waals surface area contributed by atoms with Gasteiger partial charge in [-0.2, -0.15) is 5.10 Å². The molecule has 3 atom stereocenters. The number of hydrogen-bond donors (Lipinski definition) is 0. The first kappa shape index (κ1) is 18.6. The molecular formula is C21H30N4O. The predicted molar refractivity (Wildman–Crippen MR) is 104 cm³/mol.